The summed E-state index contributed by atoms with van der Waals surface area (Å²) in [6.07, 6.45) is 5.05. The van der Waals surface area contributed by atoms with E-state index in [1.54, 1.807) is 0 Å². The van der Waals surface area contributed by atoms with E-state index in [1.165, 1.54) is 12.8 Å². The number of hydrogen-bond acceptors (Lipinski definition) is 5. The van der Waals surface area contributed by atoms with Gasteiger partial charge < -0.3 is 15.8 Å². The molecule has 0 aromatic rings. The van der Waals surface area contributed by atoms with Crippen molar-refractivity contribution in [2.45, 2.75) is 42.6 Å². The first-order chi connectivity index (χ1) is 9.27. The van der Waals surface area contributed by atoms with E-state index >= 15 is 0 Å². The summed E-state index contributed by atoms with van der Waals surface area (Å²) >= 11 is 3.94. The second kappa shape index (κ2) is 10.6. The second-order valence-electron chi connectivity index (χ2n) is 4.59. The third-order valence-corrected chi connectivity index (χ3v) is 6.15. The maximum atomic E-state index is 11.4. The third kappa shape index (κ3) is 7.22. The molecule has 0 saturated heterocycles. The molecule has 0 aromatic heterocycles. The molecule has 1 rings (SSSR count). The van der Waals surface area contributed by atoms with E-state index in [4.69, 9.17) is 5.73 Å². The number of nitrogens with one attached hydrogen (secondary N) is 1. The number of thioether (sulfide) groups is 2. The van der Waals surface area contributed by atoms with Crippen LogP contribution in [-0.2, 0) is 9.59 Å². The van der Waals surface area contributed by atoms with Gasteiger partial charge in [-0.3, -0.25) is 4.79 Å². The summed E-state index contributed by atoms with van der Waals surface area (Å²) in [5.41, 5.74) is 5.51. The molecular formula is C13H24N2O2S2. The molecule has 0 radical (unpaired) electrons. The normalized spacial score (nSPS) is 21.7. The van der Waals surface area contributed by atoms with Crippen molar-refractivity contribution in [3.05, 3.63) is 0 Å². The predicted molar refractivity (Wildman–Crippen MR) is 83.7 cm³/mol. The van der Waals surface area contributed by atoms with Gasteiger partial charge in [0.15, 0.2) is 0 Å². The summed E-state index contributed by atoms with van der Waals surface area (Å²) in [6.45, 7) is 1.49. The molecule has 1 amide bonds. The lowest BCUT2D eigenvalue weighted by molar-refractivity contribution is -0.121. The first-order valence-electron chi connectivity index (χ1n) is 6.91. The van der Waals surface area contributed by atoms with Crippen LogP contribution in [0.15, 0.2) is 0 Å². The van der Waals surface area contributed by atoms with Crippen LogP contribution in [0.5, 0.6) is 0 Å². The number of unbranched alkanes of at least 4 members (excludes halogenated alkanes) is 1. The Hall–Kier alpha value is -0.200. The SMILES string of the molecule is NCCSC1CCC1SCCNC(=O)CCCC=O. The van der Waals surface area contributed by atoms with Gasteiger partial charge in [0.1, 0.15) is 6.29 Å². The summed E-state index contributed by atoms with van der Waals surface area (Å²) in [7, 11) is 0. The van der Waals surface area contributed by atoms with E-state index in [2.05, 4.69) is 5.32 Å². The molecule has 110 valence electrons. The number of carbonyl (C=O) groups is 2. The van der Waals surface area contributed by atoms with Gasteiger partial charge in [0.05, 0.1) is 0 Å². The smallest absolute Gasteiger partial charge is 0.220 e. The maximum Gasteiger partial charge on any atom is 0.220 e. The lowest BCUT2D eigenvalue weighted by Gasteiger charge is -2.35. The molecule has 1 fully saturated rings. The van der Waals surface area contributed by atoms with Gasteiger partial charge >= 0.3 is 0 Å². The van der Waals surface area contributed by atoms with Gasteiger partial charge in [-0.15, -0.1) is 0 Å². The van der Waals surface area contributed by atoms with Crippen molar-refractivity contribution in [1.82, 2.24) is 5.32 Å². The Labute approximate surface area is 124 Å². The van der Waals surface area contributed by atoms with Crippen LogP contribution < -0.4 is 11.1 Å². The van der Waals surface area contributed by atoms with Crippen LogP contribution in [0.3, 0.4) is 0 Å². The van der Waals surface area contributed by atoms with E-state index < -0.39 is 0 Å². The van der Waals surface area contributed by atoms with Crippen LogP contribution in [0.2, 0.25) is 0 Å². The largest absolute Gasteiger partial charge is 0.355 e. The molecule has 2 unspecified atom stereocenters. The Bertz CT molecular complexity index is 277. The van der Waals surface area contributed by atoms with Crippen LogP contribution in [0, 0.1) is 0 Å². The molecule has 0 spiro atoms. The fourth-order valence-electron chi connectivity index (χ4n) is 1.87. The molecule has 2 atom stereocenters. The van der Waals surface area contributed by atoms with Crippen LogP contribution in [0.4, 0.5) is 0 Å². The minimum Gasteiger partial charge on any atom is -0.355 e. The van der Waals surface area contributed by atoms with Gasteiger partial charge in [-0.2, -0.15) is 23.5 Å². The van der Waals surface area contributed by atoms with Gasteiger partial charge in [0.2, 0.25) is 5.91 Å². The fourth-order valence-corrected chi connectivity index (χ4v) is 4.61. The van der Waals surface area contributed by atoms with Crippen LogP contribution in [0.1, 0.15) is 32.1 Å². The van der Waals surface area contributed by atoms with Crippen LogP contribution >= 0.6 is 23.5 Å². The summed E-state index contributed by atoms with van der Waals surface area (Å²) in [5, 5.41) is 4.40. The van der Waals surface area contributed by atoms with Crippen LogP contribution in [0.25, 0.3) is 0 Å². The quantitative estimate of drug-likeness (QED) is 0.446. The number of nitrogens with two attached hydrogens (primary N) is 1. The molecule has 4 nitrogen and oxygen atoms in total. The highest BCUT2D eigenvalue weighted by molar-refractivity contribution is 8.04. The van der Waals surface area contributed by atoms with Crippen LogP contribution in [-0.4, -0.2) is 47.3 Å². The highest BCUT2D eigenvalue weighted by Crippen LogP contribution is 2.39. The molecule has 0 heterocycles. The fraction of sp³-hybridized carbons (Fsp3) is 0.846. The number of carbonyl (C=O) groups excluding carboxylic acids is 2. The first-order valence-corrected chi connectivity index (χ1v) is 9.01. The van der Waals surface area contributed by atoms with Gasteiger partial charge in [-0.05, 0) is 19.3 Å². The maximum absolute atomic E-state index is 11.4. The molecule has 3 N–H and O–H groups in total. The van der Waals surface area contributed by atoms with E-state index in [0.29, 0.717) is 19.3 Å². The molecule has 19 heavy (non-hydrogen) atoms. The third-order valence-electron chi connectivity index (χ3n) is 3.08. The van der Waals surface area contributed by atoms with Gasteiger partial charge in [0, 0.05) is 47.9 Å². The van der Waals surface area contributed by atoms with Crippen molar-refractivity contribution in [2.24, 2.45) is 5.73 Å². The second-order valence-corrected chi connectivity index (χ2v) is 7.29. The topological polar surface area (TPSA) is 72.2 Å². The Balaban J connectivity index is 1.95. The summed E-state index contributed by atoms with van der Waals surface area (Å²) in [6, 6.07) is 0. The number of amides is 1. The van der Waals surface area contributed by atoms with Gasteiger partial charge in [0.25, 0.3) is 0 Å². The van der Waals surface area contributed by atoms with Crippen molar-refractivity contribution in [2.75, 3.05) is 24.6 Å². The van der Waals surface area contributed by atoms with Crippen molar-refractivity contribution in [3.8, 4) is 0 Å². The standard InChI is InChI=1S/C13H24N2O2S2/c14-6-9-18-11-4-5-12(11)19-10-7-15-13(17)3-1-2-8-16/h8,11-12H,1-7,9-10,14H2,(H,15,17). The zero-order chi connectivity index (χ0) is 13.9. The van der Waals surface area contributed by atoms with Crippen molar-refractivity contribution >= 4 is 35.7 Å². The molecule has 0 aromatic carbocycles. The summed E-state index contributed by atoms with van der Waals surface area (Å²) < 4.78 is 0. The van der Waals surface area contributed by atoms with E-state index in [9.17, 15) is 9.59 Å². The average Bonchev–Trinajstić information content (AvgIpc) is 2.38. The highest BCUT2D eigenvalue weighted by Gasteiger charge is 2.30. The minimum absolute atomic E-state index is 0.0603. The Morgan fingerprint density at radius 2 is 1.95 bits per heavy atom. The monoisotopic (exact) mass is 304 g/mol. The molecule has 0 bridgehead atoms. The molecule has 1 aliphatic rings. The first kappa shape index (κ1) is 16.9. The van der Waals surface area contributed by atoms with Gasteiger partial charge in [-0.1, -0.05) is 0 Å². The summed E-state index contributed by atoms with van der Waals surface area (Å²) in [4.78, 5) is 21.5. The zero-order valence-corrected chi connectivity index (χ0v) is 12.9. The predicted octanol–water partition coefficient (Wildman–Crippen LogP) is 1.43. The van der Waals surface area contributed by atoms with Crippen molar-refractivity contribution in [3.63, 3.8) is 0 Å². The number of rotatable bonds is 11. The Kier molecular flexibility index (Phi) is 9.38. The van der Waals surface area contributed by atoms with E-state index in [1.807, 2.05) is 23.5 Å². The lowest BCUT2D eigenvalue weighted by Crippen LogP contribution is -2.34. The molecule has 1 saturated carbocycles. The number of hydrogen-bond donors (Lipinski definition) is 2. The zero-order valence-electron chi connectivity index (χ0n) is 11.3. The summed E-state index contributed by atoms with van der Waals surface area (Å²) in [5.74, 6) is 2.09. The molecular weight excluding hydrogens is 280 g/mol. The Morgan fingerprint density at radius 1 is 1.26 bits per heavy atom. The molecule has 6 heteroatoms. The van der Waals surface area contributed by atoms with Crippen molar-refractivity contribution in [1.29, 1.82) is 0 Å². The Morgan fingerprint density at radius 3 is 2.53 bits per heavy atom. The number of aldehydes is 1. The van der Waals surface area contributed by atoms with Gasteiger partial charge in [-0.25, -0.2) is 0 Å². The van der Waals surface area contributed by atoms with E-state index in [-0.39, 0.29) is 5.91 Å². The molecule has 0 aliphatic heterocycles. The highest BCUT2D eigenvalue weighted by atomic mass is 32.2. The minimum atomic E-state index is 0.0603. The van der Waals surface area contributed by atoms with E-state index in [0.717, 1.165) is 41.4 Å². The average molecular weight is 304 g/mol. The molecule has 1 aliphatic carbocycles. The van der Waals surface area contributed by atoms with Crippen molar-refractivity contribution < 1.29 is 9.59 Å². The lowest BCUT2D eigenvalue weighted by atomic mass is 9.99.